The van der Waals surface area contributed by atoms with E-state index in [9.17, 15) is 8.42 Å². The zero-order chi connectivity index (χ0) is 20.6. The Kier molecular flexibility index (Phi) is 5.13. The molecule has 150 valence electrons. The van der Waals surface area contributed by atoms with Crippen molar-refractivity contribution in [3.63, 3.8) is 0 Å². The number of pyridine rings is 1. The van der Waals surface area contributed by atoms with Crippen LogP contribution in [-0.4, -0.2) is 13.4 Å². The topological polar surface area (TPSA) is 59.1 Å². The van der Waals surface area contributed by atoms with Crippen LogP contribution in [0.5, 0.6) is 0 Å². The highest BCUT2D eigenvalue weighted by atomic mass is 35.5. The van der Waals surface area contributed by atoms with E-state index < -0.39 is 9.84 Å². The van der Waals surface area contributed by atoms with Crippen molar-refractivity contribution in [2.24, 2.45) is 0 Å². The molecule has 1 aliphatic rings. The van der Waals surface area contributed by atoms with Crippen LogP contribution in [0.4, 0.5) is 5.69 Å². The van der Waals surface area contributed by atoms with Crippen LogP contribution in [0.15, 0.2) is 71.9 Å². The van der Waals surface area contributed by atoms with Gasteiger partial charge in [-0.1, -0.05) is 49.7 Å². The molecule has 2 aromatic carbocycles. The van der Waals surface area contributed by atoms with E-state index in [0.717, 1.165) is 28.3 Å². The molecule has 2 heterocycles. The Morgan fingerprint density at radius 1 is 1.14 bits per heavy atom. The van der Waals surface area contributed by atoms with Gasteiger partial charge in [-0.2, -0.15) is 0 Å². The lowest BCUT2D eigenvalue weighted by atomic mass is 9.74. The molecule has 0 fully saturated rings. The van der Waals surface area contributed by atoms with E-state index in [0.29, 0.717) is 0 Å². The molecule has 0 radical (unpaired) electrons. The first-order valence-corrected chi connectivity index (χ1v) is 11.6. The maximum absolute atomic E-state index is 12.7. The van der Waals surface area contributed by atoms with E-state index in [1.807, 2.05) is 36.4 Å². The summed E-state index contributed by atoms with van der Waals surface area (Å²) in [7, 11) is -3.43. The van der Waals surface area contributed by atoms with Crippen LogP contribution in [0.3, 0.4) is 0 Å². The van der Waals surface area contributed by atoms with Crippen molar-refractivity contribution in [2.45, 2.75) is 42.4 Å². The first-order chi connectivity index (χ1) is 13.7. The Morgan fingerprint density at radius 2 is 1.97 bits per heavy atom. The number of halogens is 1. The highest BCUT2D eigenvalue weighted by Crippen LogP contribution is 2.44. The zero-order valence-electron chi connectivity index (χ0n) is 16.4. The van der Waals surface area contributed by atoms with Crippen LogP contribution < -0.4 is 5.32 Å². The molecule has 29 heavy (non-hydrogen) atoms. The van der Waals surface area contributed by atoms with Gasteiger partial charge in [-0.15, -0.1) is 0 Å². The average molecular weight is 427 g/mol. The zero-order valence-corrected chi connectivity index (χ0v) is 18.0. The van der Waals surface area contributed by atoms with Crippen molar-refractivity contribution < 1.29 is 8.42 Å². The number of nitrogens with one attached hydrogen (secondary N) is 1. The summed E-state index contributed by atoms with van der Waals surface area (Å²) >= 11 is 6.20. The number of hydrogen-bond acceptors (Lipinski definition) is 4. The minimum atomic E-state index is -3.43. The summed E-state index contributed by atoms with van der Waals surface area (Å²) in [5, 5.41) is 4.34. The molecule has 0 saturated heterocycles. The maximum atomic E-state index is 12.7. The lowest BCUT2D eigenvalue weighted by molar-refractivity contribution is 0.427. The number of fused-ring (bicyclic) bond motifs is 1. The van der Waals surface area contributed by atoms with Crippen molar-refractivity contribution in [1.82, 2.24) is 4.98 Å². The molecule has 4 rings (SSSR count). The fraction of sp³-hybridized carbons (Fsp3) is 0.261. The predicted molar refractivity (Wildman–Crippen MR) is 117 cm³/mol. The molecule has 1 atom stereocenters. The molecule has 1 aromatic heterocycles. The SMILES string of the molecule is CC1(C)CC(c2cccc(CS(=O)(=O)c3cccnc3)c2)Nc2ccc(Cl)cc21. The molecule has 1 aliphatic heterocycles. The Morgan fingerprint density at radius 3 is 2.72 bits per heavy atom. The summed E-state index contributed by atoms with van der Waals surface area (Å²) < 4.78 is 25.4. The summed E-state index contributed by atoms with van der Waals surface area (Å²) in [4.78, 5) is 4.17. The van der Waals surface area contributed by atoms with E-state index in [-0.39, 0.29) is 22.1 Å². The van der Waals surface area contributed by atoms with Crippen LogP contribution in [0, 0.1) is 0 Å². The average Bonchev–Trinajstić information content (AvgIpc) is 2.69. The highest BCUT2D eigenvalue weighted by Gasteiger charge is 2.33. The van der Waals surface area contributed by atoms with Gasteiger partial charge in [0.15, 0.2) is 9.84 Å². The summed E-state index contributed by atoms with van der Waals surface area (Å²) in [5.41, 5.74) is 4.08. The number of rotatable bonds is 4. The van der Waals surface area contributed by atoms with E-state index in [1.165, 1.54) is 11.8 Å². The van der Waals surface area contributed by atoms with Crippen LogP contribution in [-0.2, 0) is 21.0 Å². The van der Waals surface area contributed by atoms with Crippen LogP contribution >= 0.6 is 11.6 Å². The van der Waals surface area contributed by atoms with E-state index in [4.69, 9.17) is 11.6 Å². The quantitative estimate of drug-likeness (QED) is 0.594. The van der Waals surface area contributed by atoms with Crippen molar-refractivity contribution in [3.05, 3.63) is 88.7 Å². The van der Waals surface area contributed by atoms with E-state index in [2.05, 4.69) is 30.2 Å². The minimum Gasteiger partial charge on any atom is -0.378 e. The van der Waals surface area contributed by atoms with Crippen molar-refractivity contribution >= 4 is 27.1 Å². The normalized spacial score (nSPS) is 18.0. The summed E-state index contributed by atoms with van der Waals surface area (Å²) in [5.74, 6) is -0.0468. The Balaban J connectivity index is 1.62. The van der Waals surface area contributed by atoms with Gasteiger partial charge in [-0.3, -0.25) is 4.98 Å². The Labute approximate surface area is 176 Å². The number of benzene rings is 2. The van der Waals surface area contributed by atoms with Gasteiger partial charge in [0.25, 0.3) is 0 Å². The van der Waals surface area contributed by atoms with Gasteiger partial charge in [0, 0.05) is 23.1 Å². The van der Waals surface area contributed by atoms with Gasteiger partial charge in [0.1, 0.15) is 0 Å². The summed E-state index contributed by atoms with van der Waals surface area (Å²) in [6.07, 6.45) is 3.85. The maximum Gasteiger partial charge on any atom is 0.184 e. The monoisotopic (exact) mass is 426 g/mol. The van der Waals surface area contributed by atoms with E-state index in [1.54, 1.807) is 18.3 Å². The molecule has 0 spiro atoms. The fourth-order valence-electron chi connectivity index (χ4n) is 4.00. The number of hydrogen-bond donors (Lipinski definition) is 1. The van der Waals surface area contributed by atoms with Gasteiger partial charge in [0.2, 0.25) is 0 Å². The third kappa shape index (κ3) is 4.16. The smallest absolute Gasteiger partial charge is 0.184 e. The number of anilines is 1. The molecule has 6 heteroatoms. The second-order valence-electron chi connectivity index (χ2n) is 8.17. The molecule has 0 saturated carbocycles. The van der Waals surface area contributed by atoms with Crippen LogP contribution in [0.2, 0.25) is 5.02 Å². The molecule has 0 amide bonds. The standard InChI is InChI=1S/C23H23ClN2O2S/c1-23(2)13-22(26-21-9-8-18(24)12-20(21)23)17-6-3-5-16(11-17)15-29(27,28)19-7-4-10-25-14-19/h3-12,14,22,26H,13,15H2,1-2H3. The Bertz CT molecular complexity index is 1140. The van der Waals surface area contributed by atoms with Gasteiger partial charge >= 0.3 is 0 Å². The summed E-state index contributed by atoms with van der Waals surface area (Å²) in [6, 6.07) is 17.1. The molecule has 3 aromatic rings. The van der Waals surface area contributed by atoms with E-state index >= 15 is 0 Å². The molecular weight excluding hydrogens is 404 g/mol. The lowest BCUT2D eigenvalue weighted by Gasteiger charge is -2.39. The minimum absolute atomic E-state index is 0.0468. The van der Waals surface area contributed by atoms with Gasteiger partial charge in [-0.05, 0) is 58.9 Å². The molecule has 0 bridgehead atoms. The van der Waals surface area contributed by atoms with Gasteiger partial charge in [-0.25, -0.2) is 8.42 Å². The third-order valence-corrected chi connectivity index (χ3v) is 7.37. The second-order valence-corrected chi connectivity index (χ2v) is 10.6. The van der Waals surface area contributed by atoms with Crippen molar-refractivity contribution in [3.8, 4) is 0 Å². The predicted octanol–water partition coefficient (Wildman–Crippen LogP) is 5.54. The first-order valence-electron chi connectivity index (χ1n) is 9.53. The third-order valence-electron chi connectivity index (χ3n) is 5.46. The second kappa shape index (κ2) is 7.47. The highest BCUT2D eigenvalue weighted by molar-refractivity contribution is 7.90. The lowest BCUT2D eigenvalue weighted by Crippen LogP contribution is -2.31. The van der Waals surface area contributed by atoms with Gasteiger partial charge in [0.05, 0.1) is 16.7 Å². The fourth-order valence-corrected chi connectivity index (χ4v) is 5.46. The van der Waals surface area contributed by atoms with Crippen LogP contribution in [0.25, 0.3) is 0 Å². The largest absolute Gasteiger partial charge is 0.378 e. The first kappa shape index (κ1) is 19.9. The van der Waals surface area contributed by atoms with Crippen molar-refractivity contribution in [1.29, 1.82) is 0 Å². The Hall–Kier alpha value is -2.37. The molecule has 1 N–H and O–H groups in total. The molecule has 1 unspecified atom stereocenters. The van der Waals surface area contributed by atoms with Gasteiger partial charge < -0.3 is 5.32 Å². The molecule has 4 nitrogen and oxygen atoms in total. The van der Waals surface area contributed by atoms with Crippen molar-refractivity contribution in [2.75, 3.05) is 5.32 Å². The summed E-state index contributed by atoms with van der Waals surface area (Å²) in [6.45, 7) is 4.43. The number of sulfone groups is 1. The molecular formula is C23H23ClN2O2S. The number of nitrogens with zero attached hydrogens (tertiary/aromatic N) is 1. The molecule has 0 aliphatic carbocycles. The van der Waals surface area contributed by atoms with Crippen LogP contribution in [0.1, 0.15) is 43.0 Å². The number of aromatic nitrogens is 1.